The summed E-state index contributed by atoms with van der Waals surface area (Å²) in [6.45, 7) is 0. The first-order chi connectivity index (χ1) is 14.6. The number of carbonyl (C=O) groups is 2. The summed E-state index contributed by atoms with van der Waals surface area (Å²) in [7, 11) is 0. The molecule has 2 amide bonds. The number of para-hydroxylation sites is 2. The molecule has 2 aromatic heterocycles. The summed E-state index contributed by atoms with van der Waals surface area (Å²) in [5.41, 5.74) is 2.52. The minimum Gasteiger partial charge on any atom is -0.273 e. The van der Waals surface area contributed by atoms with E-state index < -0.39 is 11.8 Å². The Labute approximate surface area is 175 Å². The van der Waals surface area contributed by atoms with Gasteiger partial charge in [-0.2, -0.15) is 14.6 Å². The Kier molecular flexibility index (Phi) is 4.25. The second-order valence-corrected chi connectivity index (χ2v) is 6.91. The van der Waals surface area contributed by atoms with E-state index in [1.807, 2.05) is 36.4 Å². The van der Waals surface area contributed by atoms with Gasteiger partial charge in [-0.15, -0.1) is 5.10 Å². The largest absolute Gasteiger partial charge is 0.273 e. The molecule has 0 atom stereocenters. The van der Waals surface area contributed by atoms with Gasteiger partial charge in [-0.05, 0) is 46.9 Å². The lowest BCUT2D eigenvalue weighted by Crippen LogP contribution is -2.53. The maximum atomic E-state index is 12.5. The summed E-state index contributed by atoms with van der Waals surface area (Å²) in [6, 6.07) is 18.4. The Bertz CT molecular complexity index is 1350. The van der Waals surface area contributed by atoms with Gasteiger partial charge in [0.15, 0.2) is 5.65 Å². The molecule has 1 fully saturated rings. The number of nitrogens with zero attached hydrogens (tertiary/aromatic N) is 7. The van der Waals surface area contributed by atoms with Crippen molar-refractivity contribution in [3.63, 3.8) is 0 Å². The smallest absolute Gasteiger partial charge is 0.258 e. The van der Waals surface area contributed by atoms with Gasteiger partial charge in [-0.3, -0.25) is 14.5 Å². The van der Waals surface area contributed by atoms with E-state index >= 15 is 0 Å². The summed E-state index contributed by atoms with van der Waals surface area (Å²) in [5, 5.41) is 18.1. The first kappa shape index (κ1) is 18.0. The number of amides is 2. The van der Waals surface area contributed by atoms with Crippen LogP contribution in [0.3, 0.4) is 0 Å². The molecule has 30 heavy (non-hydrogen) atoms. The number of hydrogen-bond donors (Lipinski definition) is 0. The average molecular weight is 415 g/mol. The van der Waals surface area contributed by atoms with Crippen molar-refractivity contribution >= 4 is 57.6 Å². The fraction of sp³-hybridized carbons (Fsp3) is 0.0500. The molecule has 0 aliphatic carbocycles. The number of rotatable bonds is 3. The third kappa shape index (κ3) is 2.90. The average Bonchev–Trinajstić information content (AvgIpc) is 3.24. The summed E-state index contributed by atoms with van der Waals surface area (Å²) in [4.78, 5) is 26.2. The normalized spacial score (nSPS) is 15.1. The Morgan fingerprint density at radius 2 is 1.77 bits per heavy atom. The van der Waals surface area contributed by atoms with E-state index in [0.717, 1.165) is 15.9 Å². The highest BCUT2D eigenvalue weighted by molar-refractivity contribution is 7.80. The molecule has 0 saturated carbocycles. The van der Waals surface area contributed by atoms with Gasteiger partial charge in [0.1, 0.15) is 6.42 Å². The van der Waals surface area contributed by atoms with Crippen LogP contribution < -0.4 is 4.90 Å². The molecule has 146 valence electrons. The van der Waals surface area contributed by atoms with Crippen LogP contribution >= 0.6 is 12.2 Å². The van der Waals surface area contributed by atoms with Crippen LogP contribution in [-0.4, -0.2) is 48.2 Å². The number of hydrazone groups is 1. The minimum atomic E-state index is -0.496. The molecule has 10 heteroatoms. The fourth-order valence-electron chi connectivity index (χ4n) is 3.32. The maximum absolute atomic E-state index is 12.5. The predicted molar refractivity (Wildman–Crippen MR) is 114 cm³/mol. The molecule has 3 heterocycles. The maximum Gasteiger partial charge on any atom is 0.258 e. The second-order valence-electron chi connectivity index (χ2n) is 6.55. The van der Waals surface area contributed by atoms with Crippen molar-refractivity contribution in [1.82, 2.24) is 25.0 Å². The molecule has 0 N–H and O–H groups in total. The topological polar surface area (TPSA) is 96.1 Å². The number of carbonyl (C=O) groups excluding carboxylic acids is 2. The Morgan fingerprint density at radius 1 is 1.00 bits per heavy atom. The molecule has 0 bridgehead atoms. The quantitative estimate of drug-likeness (QED) is 0.289. The van der Waals surface area contributed by atoms with Crippen molar-refractivity contribution in [2.45, 2.75) is 6.42 Å². The third-order valence-electron chi connectivity index (χ3n) is 4.69. The first-order valence-electron chi connectivity index (χ1n) is 9.02. The van der Waals surface area contributed by atoms with Gasteiger partial charge in [0.25, 0.3) is 5.91 Å². The predicted octanol–water partition coefficient (Wildman–Crippen LogP) is 2.16. The van der Waals surface area contributed by atoms with Crippen molar-refractivity contribution in [2.24, 2.45) is 5.10 Å². The van der Waals surface area contributed by atoms with Crippen molar-refractivity contribution in [1.29, 1.82) is 0 Å². The highest BCUT2D eigenvalue weighted by Crippen LogP contribution is 2.22. The number of aromatic nitrogens is 4. The number of benzene rings is 2. The molecule has 1 aliphatic rings. The van der Waals surface area contributed by atoms with E-state index in [2.05, 4.69) is 20.6 Å². The van der Waals surface area contributed by atoms with E-state index in [0.29, 0.717) is 16.9 Å². The van der Waals surface area contributed by atoms with E-state index in [1.165, 1.54) is 11.1 Å². The van der Waals surface area contributed by atoms with E-state index in [4.69, 9.17) is 12.2 Å². The van der Waals surface area contributed by atoms with Crippen LogP contribution in [0.2, 0.25) is 0 Å². The number of pyridine rings is 1. The Balaban J connectivity index is 1.54. The molecule has 1 saturated heterocycles. The molecule has 0 radical (unpaired) electrons. The van der Waals surface area contributed by atoms with Gasteiger partial charge < -0.3 is 0 Å². The molecule has 2 aromatic carbocycles. The lowest BCUT2D eigenvalue weighted by molar-refractivity contribution is -0.133. The van der Waals surface area contributed by atoms with Crippen molar-refractivity contribution in [3.8, 4) is 0 Å². The number of hydrogen-bond acceptors (Lipinski definition) is 7. The third-order valence-corrected chi connectivity index (χ3v) is 5.05. The van der Waals surface area contributed by atoms with Crippen LogP contribution in [0.25, 0.3) is 16.6 Å². The second kappa shape index (κ2) is 7.08. The highest BCUT2D eigenvalue weighted by Gasteiger charge is 2.36. The standard InChI is InChI=1S/C20H13N7O2S/c28-17-11-18(29)27(20(30)25(17)15-7-2-1-3-8-15)21-12-14-10-13-6-4-5-9-16(13)26-19(14)22-23-24-26/h1-10,12H,11H2/b21-12+. The lowest BCUT2D eigenvalue weighted by atomic mass is 10.1. The number of tetrazole rings is 1. The summed E-state index contributed by atoms with van der Waals surface area (Å²) >= 11 is 5.41. The van der Waals surface area contributed by atoms with Crippen molar-refractivity contribution in [3.05, 3.63) is 66.2 Å². The summed E-state index contributed by atoms with van der Waals surface area (Å²) in [6.07, 6.45) is 1.15. The van der Waals surface area contributed by atoms with E-state index in [-0.39, 0.29) is 11.5 Å². The summed E-state index contributed by atoms with van der Waals surface area (Å²) in [5.74, 6) is -0.887. The van der Waals surface area contributed by atoms with E-state index in [9.17, 15) is 9.59 Å². The number of anilines is 1. The van der Waals surface area contributed by atoms with Crippen LogP contribution in [0.1, 0.15) is 12.0 Å². The van der Waals surface area contributed by atoms with Gasteiger partial charge in [0.2, 0.25) is 11.0 Å². The van der Waals surface area contributed by atoms with Crippen molar-refractivity contribution < 1.29 is 9.59 Å². The molecule has 4 aromatic rings. The van der Waals surface area contributed by atoms with Gasteiger partial charge in [-0.1, -0.05) is 36.4 Å². The summed E-state index contributed by atoms with van der Waals surface area (Å²) < 4.78 is 1.60. The van der Waals surface area contributed by atoms with Crippen LogP contribution in [0, 0.1) is 0 Å². The van der Waals surface area contributed by atoms with Gasteiger partial charge in [0.05, 0.1) is 17.4 Å². The molecular formula is C20H13N7O2S. The van der Waals surface area contributed by atoms with Crippen molar-refractivity contribution in [2.75, 3.05) is 4.90 Å². The van der Waals surface area contributed by atoms with Crippen LogP contribution in [0.4, 0.5) is 5.69 Å². The highest BCUT2D eigenvalue weighted by atomic mass is 32.1. The van der Waals surface area contributed by atoms with E-state index in [1.54, 1.807) is 28.8 Å². The number of fused-ring (bicyclic) bond motifs is 3. The molecular weight excluding hydrogens is 402 g/mol. The molecule has 0 unspecified atom stereocenters. The van der Waals surface area contributed by atoms with Gasteiger partial charge in [-0.25, -0.2) is 0 Å². The zero-order chi connectivity index (χ0) is 20.7. The Hall–Kier alpha value is -4.05. The zero-order valence-electron chi connectivity index (χ0n) is 15.4. The van der Waals surface area contributed by atoms with Gasteiger partial charge >= 0.3 is 0 Å². The zero-order valence-corrected chi connectivity index (χ0v) is 16.2. The van der Waals surface area contributed by atoms with Gasteiger partial charge in [0, 0.05) is 10.9 Å². The monoisotopic (exact) mass is 415 g/mol. The van der Waals surface area contributed by atoms with Crippen LogP contribution in [0.5, 0.6) is 0 Å². The molecule has 9 nitrogen and oxygen atoms in total. The van der Waals surface area contributed by atoms with Crippen LogP contribution in [0.15, 0.2) is 65.8 Å². The SMILES string of the molecule is O=C1CC(=O)N(c2ccccc2)C(=S)N1/N=C/c1cc2ccccc2n2nnnc12. The molecule has 0 spiro atoms. The molecule has 5 rings (SSSR count). The first-order valence-corrected chi connectivity index (χ1v) is 9.43. The fourth-order valence-corrected chi connectivity index (χ4v) is 3.67. The molecule has 1 aliphatic heterocycles. The lowest BCUT2D eigenvalue weighted by Gasteiger charge is -2.32. The number of thiocarbonyl (C=S) groups is 1. The Morgan fingerprint density at radius 3 is 2.60 bits per heavy atom. The van der Waals surface area contributed by atoms with Crippen LogP contribution in [-0.2, 0) is 9.59 Å². The minimum absolute atomic E-state index is 0.00454.